The van der Waals surface area contributed by atoms with Crippen LogP contribution in [0.5, 0.6) is 0 Å². The zero-order valence-corrected chi connectivity index (χ0v) is 33.6. The predicted octanol–water partition coefficient (Wildman–Crippen LogP) is 16.5. The Kier molecular flexibility index (Phi) is 29.2. The van der Waals surface area contributed by atoms with Gasteiger partial charge in [-0.05, 0) is 36.8 Å². The van der Waals surface area contributed by atoms with E-state index >= 15 is 0 Å². The maximum atomic E-state index is 13.1. The summed E-state index contributed by atoms with van der Waals surface area (Å²) in [5.74, 6) is 0.146. The van der Waals surface area contributed by atoms with Crippen LogP contribution in [0.1, 0.15) is 246 Å². The largest absolute Gasteiger partial charge is 0.289 e. The van der Waals surface area contributed by atoms with Crippen molar-refractivity contribution in [2.75, 3.05) is 0 Å². The summed E-state index contributed by atoms with van der Waals surface area (Å²) in [6, 6.07) is 16.8. The molecule has 0 aliphatic rings. The molecule has 2 rings (SSSR count). The lowest BCUT2D eigenvalue weighted by Crippen LogP contribution is -2.02. The molecule has 0 bridgehead atoms. The summed E-state index contributed by atoms with van der Waals surface area (Å²) in [5.41, 5.74) is 4.35. The number of rotatable bonds is 36. The first-order chi connectivity index (χ1) is 24.7. The summed E-state index contributed by atoms with van der Waals surface area (Å²) in [4.78, 5) is 13.1. The summed E-state index contributed by atoms with van der Waals surface area (Å²) in [7, 11) is 0. The third-order valence-corrected chi connectivity index (χ3v) is 11.1. The molecule has 0 unspecified atom stereocenters. The van der Waals surface area contributed by atoms with Crippen LogP contribution in [0.25, 0.3) is 0 Å². The second kappa shape index (κ2) is 33.0. The lowest BCUT2D eigenvalue weighted by atomic mass is 9.98. The fourth-order valence-electron chi connectivity index (χ4n) is 7.57. The first kappa shape index (κ1) is 44.3. The molecule has 0 N–H and O–H groups in total. The van der Waals surface area contributed by atoms with Crippen molar-refractivity contribution in [3.63, 3.8) is 0 Å². The van der Waals surface area contributed by atoms with Crippen LogP contribution in [0.3, 0.4) is 0 Å². The van der Waals surface area contributed by atoms with Gasteiger partial charge in [-0.3, -0.25) is 4.79 Å². The lowest BCUT2D eigenvalue weighted by Gasteiger charge is -2.07. The highest BCUT2D eigenvalue weighted by Crippen LogP contribution is 2.18. The third kappa shape index (κ3) is 24.3. The Bertz CT molecular complexity index is 921. The van der Waals surface area contributed by atoms with Crippen molar-refractivity contribution in [2.24, 2.45) is 0 Å². The highest BCUT2D eigenvalue weighted by Gasteiger charge is 2.09. The molecule has 0 aliphatic heterocycles. The zero-order valence-electron chi connectivity index (χ0n) is 33.6. The molecular weight excluding hydrogens is 605 g/mol. The summed E-state index contributed by atoms with van der Waals surface area (Å²) in [6.07, 6.45) is 47.3. The van der Waals surface area contributed by atoms with E-state index < -0.39 is 0 Å². The minimum atomic E-state index is 0.146. The van der Waals surface area contributed by atoms with Crippen molar-refractivity contribution < 1.29 is 4.79 Å². The lowest BCUT2D eigenvalue weighted by molar-refractivity contribution is 0.103. The smallest absolute Gasteiger partial charge is 0.193 e. The molecule has 50 heavy (non-hydrogen) atoms. The second-order valence-electron chi connectivity index (χ2n) is 15.8. The van der Waals surface area contributed by atoms with Crippen molar-refractivity contribution in [3.05, 3.63) is 70.8 Å². The van der Waals surface area contributed by atoms with E-state index in [4.69, 9.17) is 0 Å². The van der Waals surface area contributed by atoms with Gasteiger partial charge in [-0.15, -0.1) is 0 Å². The third-order valence-electron chi connectivity index (χ3n) is 11.1. The van der Waals surface area contributed by atoms with Crippen LogP contribution in [0, 0.1) is 0 Å². The topological polar surface area (TPSA) is 17.1 Å². The molecule has 0 heterocycles. The maximum absolute atomic E-state index is 13.1. The molecular formula is C49H82O. The van der Waals surface area contributed by atoms with Crippen LogP contribution in [-0.2, 0) is 12.8 Å². The molecule has 1 nitrogen and oxygen atoms in total. The number of carbonyl (C=O) groups excluding carboxylic acids is 1. The van der Waals surface area contributed by atoms with Crippen LogP contribution >= 0.6 is 0 Å². The van der Waals surface area contributed by atoms with Gasteiger partial charge in [-0.25, -0.2) is 0 Å². The molecule has 0 atom stereocenters. The minimum absolute atomic E-state index is 0.146. The fraction of sp³-hybridized carbons (Fsp3) is 0.735. The Morgan fingerprint density at radius 1 is 0.300 bits per heavy atom. The first-order valence-electron chi connectivity index (χ1n) is 22.5. The first-order valence-corrected chi connectivity index (χ1v) is 22.5. The van der Waals surface area contributed by atoms with E-state index in [0.29, 0.717) is 0 Å². The van der Waals surface area contributed by atoms with Gasteiger partial charge in [-0.2, -0.15) is 0 Å². The van der Waals surface area contributed by atoms with E-state index in [2.05, 4.69) is 38.1 Å². The van der Waals surface area contributed by atoms with Gasteiger partial charge < -0.3 is 0 Å². The molecule has 0 fully saturated rings. The molecule has 0 amide bonds. The summed E-state index contributed by atoms with van der Waals surface area (Å²) >= 11 is 0. The normalized spacial score (nSPS) is 11.4. The van der Waals surface area contributed by atoms with E-state index in [0.717, 1.165) is 24.0 Å². The fourth-order valence-corrected chi connectivity index (χ4v) is 7.57. The monoisotopic (exact) mass is 687 g/mol. The molecule has 284 valence electrons. The van der Waals surface area contributed by atoms with Crippen molar-refractivity contribution >= 4 is 5.78 Å². The highest BCUT2D eigenvalue weighted by atomic mass is 16.1. The Morgan fingerprint density at radius 3 is 0.720 bits per heavy atom. The standard InChI is InChI=1S/C49H82O/c1-3-5-7-9-11-13-15-17-19-21-23-25-27-29-31-33-35-45-37-41-47(42-38-45)49(50)48-43-39-46(40-44-48)36-34-32-30-28-26-24-22-20-18-16-14-12-10-8-6-4-2/h37-44H,3-36H2,1-2H3. The second-order valence-corrected chi connectivity index (χ2v) is 15.8. The number of hydrogen-bond donors (Lipinski definition) is 0. The molecule has 2 aromatic rings. The van der Waals surface area contributed by atoms with Gasteiger partial charge >= 0.3 is 0 Å². The number of unbranched alkanes of at least 4 members (excludes halogenated alkanes) is 30. The summed E-state index contributed by atoms with van der Waals surface area (Å²) in [6.45, 7) is 4.59. The quantitative estimate of drug-likeness (QED) is 0.0515. The molecule has 0 spiro atoms. The van der Waals surface area contributed by atoms with Crippen molar-refractivity contribution in [1.29, 1.82) is 0 Å². The van der Waals surface area contributed by atoms with Gasteiger partial charge in [0.2, 0.25) is 0 Å². The van der Waals surface area contributed by atoms with Gasteiger partial charge in [-0.1, -0.05) is 255 Å². The molecule has 0 aliphatic carbocycles. The van der Waals surface area contributed by atoms with Crippen LogP contribution in [0.2, 0.25) is 0 Å². The van der Waals surface area contributed by atoms with Gasteiger partial charge in [0.25, 0.3) is 0 Å². The van der Waals surface area contributed by atoms with E-state index in [9.17, 15) is 4.79 Å². The van der Waals surface area contributed by atoms with Crippen molar-refractivity contribution in [2.45, 2.75) is 232 Å². The SMILES string of the molecule is CCCCCCCCCCCCCCCCCCc1ccc(C(=O)c2ccc(CCCCCCCCCCCCCCCCCC)cc2)cc1. The Hall–Kier alpha value is -1.89. The number of ketones is 1. The number of hydrogen-bond acceptors (Lipinski definition) is 1. The van der Waals surface area contributed by atoms with E-state index in [1.165, 1.54) is 217 Å². The molecule has 2 aromatic carbocycles. The zero-order chi connectivity index (χ0) is 35.6. The van der Waals surface area contributed by atoms with E-state index in [-0.39, 0.29) is 5.78 Å². The van der Waals surface area contributed by atoms with Crippen molar-refractivity contribution in [1.82, 2.24) is 0 Å². The molecule has 0 aromatic heterocycles. The molecule has 0 radical (unpaired) electrons. The van der Waals surface area contributed by atoms with Gasteiger partial charge in [0.1, 0.15) is 0 Å². The van der Waals surface area contributed by atoms with Gasteiger partial charge in [0.15, 0.2) is 5.78 Å². The molecule has 0 saturated heterocycles. The van der Waals surface area contributed by atoms with Crippen LogP contribution in [-0.4, -0.2) is 5.78 Å². The van der Waals surface area contributed by atoms with Gasteiger partial charge in [0, 0.05) is 11.1 Å². The summed E-state index contributed by atoms with van der Waals surface area (Å²) < 4.78 is 0. The predicted molar refractivity (Wildman–Crippen MR) is 223 cm³/mol. The van der Waals surface area contributed by atoms with Crippen molar-refractivity contribution in [3.8, 4) is 0 Å². The Balaban J connectivity index is 1.42. The molecule has 0 saturated carbocycles. The average molecular weight is 687 g/mol. The van der Waals surface area contributed by atoms with Crippen LogP contribution in [0.4, 0.5) is 0 Å². The number of aryl methyl sites for hydroxylation is 2. The Labute approximate surface area is 312 Å². The minimum Gasteiger partial charge on any atom is -0.289 e. The van der Waals surface area contributed by atoms with Crippen LogP contribution < -0.4 is 0 Å². The maximum Gasteiger partial charge on any atom is 0.193 e. The highest BCUT2D eigenvalue weighted by molar-refractivity contribution is 6.09. The molecule has 1 heteroatoms. The number of carbonyl (C=O) groups is 1. The van der Waals surface area contributed by atoms with E-state index in [1.54, 1.807) is 0 Å². The van der Waals surface area contributed by atoms with Crippen LogP contribution in [0.15, 0.2) is 48.5 Å². The average Bonchev–Trinajstić information content (AvgIpc) is 3.14. The van der Waals surface area contributed by atoms with Gasteiger partial charge in [0.05, 0.1) is 0 Å². The summed E-state index contributed by atoms with van der Waals surface area (Å²) in [5, 5.41) is 0. The van der Waals surface area contributed by atoms with E-state index in [1.807, 2.05) is 24.3 Å². The number of benzene rings is 2. The Morgan fingerprint density at radius 2 is 0.500 bits per heavy atom.